The summed E-state index contributed by atoms with van der Waals surface area (Å²) in [6.07, 6.45) is 0.597. The molecule has 0 heterocycles. The van der Waals surface area contributed by atoms with Crippen molar-refractivity contribution in [3.8, 4) is 0 Å². The zero-order valence-corrected chi connectivity index (χ0v) is 9.86. The smallest absolute Gasteiger partial charge is 0.388 e. The monoisotopic (exact) mass is 232 g/mol. The van der Waals surface area contributed by atoms with Crippen LogP contribution >= 0.6 is 0 Å². The van der Waals surface area contributed by atoms with Crippen molar-refractivity contribution < 1.29 is 28.6 Å². The second-order valence-electron chi connectivity index (χ2n) is 3.21. The van der Waals surface area contributed by atoms with E-state index in [0.717, 1.165) is 20.8 Å². The molecular formula is C10H16O6. The van der Waals surface area contributed by atoms with Gasteiger partial charge < -0.3 is 14.2 Å². The van der Waals surface area contributed by atoms with E-state index >= 15 is 0 Å². The van der Waals surface area contributed by atoms with Crippen molar-refractivity contribution in [1.29, 1.82) is 0 Å². The zero-order valence-electron chi connectivity index (χ0n) is 9.86. The lowest BCUT2D eigenvalue weighted by molar-refractivity contribution is -0.330. The molecule has 0 aromatic rings. The lowest BCUT2D eigenvalue weighted by Crippen LogP contribution is -2.43. The van der Waals surface area contributed by atoms with Gasteiger partial charge in [0, 0.05) is 20.8 Å². The molecule has 0 aliphatic rings. The van der Waals surface area contributed by atoms with E-state index in [1.54, 1.807) is 6.92 Å². The van der Waals surface area contributed by atoms with Crippen molar-refractivity contribution in [2.24, 2.45) is 0 Å². The van der Waals surface area contributed by atoms with Crippen molar-refractivity contribution >= 4 is 17.9 Å². The first-order valence-electron chi connectivity index (χ1n) is 4.90. The van der Waals surface area contributed by atoms with E-state index in [0.29, 0.717) is 6.42 Å². The van der Waals surface area contributed by atoms with Crippen LogP contribution in [0, 0.1) is 0 Å². The molecule has 0 rings (SSSR count). The van der Waals surface area contributed by atoms with Gasteiger partial charge in [0.05, 0.1) is 6.42 Å². The summed E-state index contributed by atoms with van der Waals surface area (Å²) >= 11 is 0. The summed E-state index contributed by atoms with van der Waals surface area (Å²) in [6, 6.07) is 0. The van der Waals surface area contributed by atoms with Crippen LogP contribution in [0.25, 0.3) is 0 Å². The maximum Gasteiger partial charge on any atom is 0.423 e. The van der Waals surface area contributed by atoms with Crippen LogP contribution in [0.5, 0.6) is 0 Å². The van der Waals surface area contributed by atoms with E-state index in [1.165, 1.54) is 0 Å². The van der Waals surface area contributed by atoms with Crippen LogP contribution < -0.4 is 0 Å². The first-order chi connectivity index (χ1) is 7.31. The largest absolute Gasteiger partial charge is 0.423 e. The van der Waals surface area contributed by atoms with Crippen LogP contribution in [-0.4, -0.2) is 23.9 Å². The Labute approximate surface area is 93.8 Å². The molecule has 0 amide bonds. The summed E-state index contributed by atoms with van der Waals surface area (Å²) in [5.74, 6) is -4.03. The average molecular weight is 232 g/mol. The number of carbonyl (C=O) groups is 3. The maximum atomic E-state index is 10.9. The molecule has 6 heteroatoms. The highest BCUT2D eigenvalue weighted by Crippen LogP contribution is 2.23. The van der Waals surface area contributed by atoms with Crippen molar-refractivity contribution in [2.75, 3.05) is 0 Å². The van der Waals surface area contributed by atoms with Gasteiger partial charge in [0.1, 0.15) is 0 Å². The predicted octanol–water partition coefficient (Wildman–Crippen LogP) is 1.13. The van der Waals surface area contributed by atoms with Crippen LogP contribution in [0.15, 0.2) is 0 Å². The molecule has 0 N–H and O–H groups in total. The number of hydrogen-bond acceptors (Lipinski definition) is 6. The van der Waals surface area contributed by atoms with Crippen molar-refractivity contribution in [2.45, 2.75) is 46.5 Å². The van der Waals surface area contributed by atoms with Crippen LogP contribution in [0.1, 0.15) is 40.5 Å². The van der Waals surface area contributed by atoms with Gasteiger partial charge in [-0.3, -0.25) is 14.4 Å². The van der Waals surface area contributed by atoms with Gasteiger partial charge in [-0.15, -0.1) is 0 Å². The molecule has 0 fully saturated rings. The normalized spacial score (nSPS) is 10.5. The molecule has 0 aromatic heterocycles. The first kappa shape index (κ1) is 14.4. The van der Waals surface area contributed by atoms with Gasteiger partial charge in [-0.05, 0) is 6.42 Å². The van der Waals surface area contributed by atoms with Gasteiger partial charge in [-0.2, -0.15) is 0 Å². The summed E-state index contributed by atoms with van der Waals surface area (Å²) < 4.78 is 14.3. The Bertz CT molecular complexity index is 242. The Hall–Kier alpha value is -1.59. The van der Waals surface area contributed by atoms with Crippen LogP contribution in [0.2, 0.25) is 0 Å². The SMILES string of the molecule is CCCC(OC(C)=O)(OC(C)=O)OC(C)=O. The third-order valence-electron chi connectivity index (χ3n) is 1.45. The van der Waals surface area contributed by atoms with Gasteiger partial charge in [-0.25, -0.2) is 0 Å². The maximum absolute atomic E-state index is 10.9. The second-order valence-corrected chi connectivity index (χ2v) is 3.21. The highest BCUT2D eigenvalue weighted by molar-refractivity contribution is 5.70. The highest BCUT2D eigenvalue weighted by Gasteiger charge is 2.40. The van der Waals surface area contributed by atoms with Crippen LogP contribution in [-0.2, 0) is 28.6 Å². The standard InChI is InChI=1S/C10H16O6/c1-5-6-10(14-7(2)11,15-8(3)12)16-9(4)13/h5-6H2,1-4H3. The van der Waals surface area contributed by atoms with E-state index in [9.17, 15) is 14.4 Å². The lowest BCUT2D eigenvalue weighted by Gasteiger charge is -2.29. The average Bonchev–Trinajstić information content (AvgIpc) is 1.98. The number of rotatable bonds is 5. The molecule has 0 saturated heterocycles. The zero-order chi connectivity index (χ0) is 12.8. The molecule has 0 saturated carbocycles. The minimum Gasteiger partial charge on any atom is -0.388 e. The molecule has 6 nitrogen and oxygen atoms in total. The molecule has 0 aromatic carbocycles. The third kappa shape index (κ3) is 5.33. The Morgan fingerprint density at radius 3 is 1.38 bits per heavy atom. The third-order valence-corrected chi connectivity index (χ3v) is 1.45. The summed E-state index contributed by atoms with van der Waals surface area (Å²) in [7, 11) is 0. The number of hydrogen-bond donors (Lipinski definition) is 0. The highest BCUT2D eigenvalue weighted by atomic mass is 16.9. The number of ether oxygens (including phenoxy) is 3. The molecule has 0 aliphatic heterocycles. The summed E-state index contributed by atoms with van der Waals surface area (Å²) in [5, 5.41) is 0. The summed E-state index contributed by atoms with van der Waals surface area (Å²) in [4.78, 5) is 32.7. The van der Waals surface area contributed by atoms with Gasteiger partial charge in [0.25, 0.3) is 0 Å². The minimum absolute atomic E-state index is 0.0890. The Morgan fingerprint density at radius 2 is 1.19 bits per heavy atom. The van der Waals surface area contributed by atoms with Gasteiger partial charge >= 0.3 is 23.9 Å². The molecular weight excluding hydrogens is 216 g/mol. The molecule has 0 radical (unpaired) electrons. The van der Waals surface area contributed by atoms with E-state index in [2.05, 4.69) is 0 Å². The molecule has 0 unspecified atom stereocenters. The molecule has 92 valence electrons. The quantitative estimate of drug-likeness (QED) is 0.522. The van der Waals surface area contributed by atoms with Crippen molar-refractivity contribution in [3.05, 3.63) is 0 Å². The van der Waals surface area contributed by atoms with Crippen molar-refractivity contribution in [1.82, 2.24) is 0 Å². The van der Waals surface area contributed by atoms with Crippen LogP contribution in [0.4, 0.5) is 0 Å². The minimum atomic E-state index is -1.93. The van der Waals surface area contributed by atoms with E-state index in [-0.39, 0.29) is 6.42 Å². The molecule has 16 heavy (non-hydrogen) atoms. The van der Waals surface area contributed by atoms with Gasteiger partial charge in [-0.1, -0.05) is 6.92 Å². The molecule has 0 spiro atoms. The Morgan fingerprint density at radius 1 is 0.875 bits per heavy atom. The fourth-order valence-corrected chi connectivity index (χ4v) is 1.18. The fourth-order valence-electron chi connectivity index (χ4n) is 1.18. The molecule has 0 aliphatic carbocycles. The van der Waals surface area contributed by atoms with Crippen molar-refractivity contribution in [3.63, 3.8) is 0 Å². The number of esters is 3. The van der Waals surface area contributed by atoms with Gasteiger partial charge in [0.2, 0.25) is 0 Å². The van der Waals surface area contributed by atoms with E-state index in [1.807, 2.05) is 0 Å². The molecule has 0 bridgehead atoms. The van der Waals surface area contributed by atoms with E-state index in [4.69, 9.17) is 14.2 Å². The predicted molar refractivity (Wildman–Crippen MR) is 52.9 cm³/mol. The second kappa shape index (κ2) is 6.09. The summed E-state index contributed by atoms with van der Waals surface area (Å²) in [5.41, 5.74) is 0. The Kier molecular flexibility index (Phi) is 5.49. The van der Waals surface area contributed by atoms with E-state index < -0.39 is 23.9 Å². The Balaban J connectivity index is 4.93. The lowest BCUT2D eigenvalue weighted by atomic mass is 10.3. The van der Waals surface area contributed by atoms with Gasteiger partial charge in [0.15, 0.2) is 0 Å². The summed E-state index contributed by atoms with van der Waals surface area (Å²) in [6.45, 7) is 5.18. The number of carbonyl (C=O) groups excluding carboxylic acids is 3. The topological polar surface area (TPSA) is 78.9 Å². The van der Waals surface area contributed by atoms with Crippen LogP contribution in [0.3, 0.4) is 0 Å². The first-order valence-corrected chi connectivity index (χ1v) is 4.90. The fraction of sp³-hybridized carbons (Fsp3) is 0.700. The molecule has 0 atom stereocenters.